The lowest BCUT2D eigenvalue weighted by molar-refractivity contribution is -0.136. The van der Waals surface area contributed by atoms with Gasteiger partial charge in [-0.3, -0.25) is 4.79 Å². The molecule has 0 radical (unpaired) electrons. The smallest absolute Gasteiger partial charge is 0.222 e. The maximum Gasteiger partial charge on any atom is 0.222 e. The van der Waals surface area contributed by atoms with Crippen molar-refractivity contribution in [3.8, 4) is 0 Å². The number of carbonyl (C=O) groups excluding carboxylic acids is 1. The van der Waals surface area contributed by atoms with Crippen LogP contribution in [0.2, 0.25) is 0 Å². The molecule has 1 amide bonds. The fourth-order valence-electron chi connectivity index (χ4n) is 3.46. The van der Waals surface area contributed by atoms with Crippen molar-refractivity contribution in [1.82, 2.24) is 14.9 Å². The second kappa shape index (κ2) is 5.83. The number of hydrogen-bond acceptors (Lipinski definition) is 5. The average Bonchev–Trinajstić information content (AvgIpc) is 2.52. The molecule has 0 saturated carbocycles. The summed E-state index contributed by atoms with van der Waals surface area (Å²) in [5.41, 5.74) is 0.328. The van der Waals surface area contributed by atoms with Crippen LogP contribution in [0.3, 0.4) is 0 Å². The lowest BCUT2D eigenvalue weighted by atomic mass is 9.72. The third-order valence-electron chi connectivity index (χ3n) is 4.82. The van der Waals surface area contributed by atoms with Gasteiger partial charge in [0.05, 0.1) is 0 Å². The number of aromatic nitrogens is 2. The number of thioether (sulfide) groups is 1. The van der Waals surface area contributed by atoms with E-state index in [0.717, 1.165) is 49.9 Å². The summed E-state index contributed by atoms with van der Waals surface area (Å²) < 4.78 is 0. The van der Waals surface area contributed by atoms with Crippen LogP contribution in [0, 0.1) is 5.41 Å². The standard InChI is InChI=1S/C15H22N4OS/c1-18-11-15(5-3-13(18)20)6-9-19(10-7-15)12-4-8-16-14(17-12)21-2/h4,8H,3,5-7,9-11H2,1-2H3. The van der Waals surface area contributed by atoms with Crippen molar-refractivity contribution in [2.45, 2.75) is 30.8 Å². The first-order valence-electron chi connectivity index (χ1n) is 7.48. The van der Waals surface area contributed by atoms with Gasteiger partial charge in [0, 0.05) is 39.3 Å². The summed E-state index contributed by atoms with van der Waals surface area (Å²) in [6.45, 7) is 2.96. The van der Waals surface area contributed by atoms with Gasteiger partial charge in [-0.15, -0.1) is 0 Å². The third kappa shape index (κ3) is 3.00. The molecule has 2 aliphatic rings. The fourth-order valence-corrected chi connectivity index (χ4v) is 3.81. The van der Waals surface area contributed by atoms with E-state index in [4.69, 9.17) is 0 Å². The van der Waals surface area contributed by atoms with E-state index in [-0.39, 0.29) is 0 Å². The number of nitrogens with zero attached hydrogens (tertiary/aromatic N) is 4. The Balaban J connectivity index is 1.66. The van der Waals surface area contributed by atoms with Gasteiger partial charge in [0.2, 0.25) is 5.91 Å². The van der Waals surface area contributed by atoms with Crippen molar-refractivity contribution in [1.29, 1.82) is 0 Å². The van der Waals surface area contributed by atoms with Gasteiger partial charge in [-0.05, 0) is 37.0 Å². The highest BCUT2D eigenvalue weighted by Gasteiger charge is 2.40. The maximum absolute atomic E-state index is 11.7. The first-order valence-corrected chi connectivity index (χ1v) is 8.70. The van der Waals surface area contributed by atoms with Crippen LogP contribution in [-0.2, 0) is 4.79 Å². The van der Waals surface area contributed by atoms with E-state index in [1.165, 1.54) is 0 Å². The van der Waals surface area contributed by atoms with Gasteiger partial charge in [0.25, 0.3) is 0 Å². The molecular formula is C15H22N4OS. The topological polar surface area (TPSA) is 49.3 Å². The zero-order chi connectivity index (χ0) is 14.9. The van der Waals surface area contributed by atoms with Gasteiger partial charge in [0.15, 0.2) is 5.16 Å². The Morgan fingerprint density at radius 1 is 1.29 bits per heavy atom. The number of rotatable bonds is 2. The number of hydrogen-bond donors (Lipinski definition) is 0. The first-order chi connectivity index (χ1) is 10.1. The van der Waals surface area contributed by atoms with Crippen LogP contribution < -0.4 is 4.90 Å². The molecule has 3 heterocycles. The van der Waals surface area contributed by atoms with Crippen LogP contribution in [0.15, 0.2) is 17.4 Å². The fraction of sp³-hybridized carbons (Fsp3) is 0.667. The van der Waals surface area contributed by atoms with E-state index in [0.29, 0.717) is 17.7 Å². The highest BCUT2D eigenvalue weighted by atomic mass is 32.2. The second-order valence-corrected chi connectivity index (χ2v) is 6.91. The van der Waals surface area contributed by atoms with Crippen molar-refractivity contribution in [3.05, 3.63) is 12.3 Å². The lowest BCUT2D eigenvalue weighted by Gasteiger charge is -2.46. The molecule has 0 bridgehead atoms. The van der Waals surface area contributed by atoms with Gasteiger partial charge in [-0.1, -0.05) is 11.8 Å². The predicted octanol–water partition coefficient (Wildman–Crippen LogP) is 2.04. The third-order valence-corrected chi connectivity index (χ3v) is 5.38. The van der Waals surface area contributed by atoms with Crippen LogP contribution in [0.1, 0.15) is 25.7 Å². The van der Waals surface area contributed by atoms with Gasteiger partial charge < -0.3 is 9.80 Å². The number of likely N-dealkylation sites (tertiary alicyclic amines) is 1. The van der Waals surface area contributed by atoms with E-state index in [2.05, 4.69) is 14.9 Å². The van der Waals surface area contributed by atoms with Crippen LogP contribution in [0.4, 0.5) is 5.82 Å². The van der Waals surface area contributed by atoms with E-state index < -0.39 is 0 Å². The minimum Gasteiger partial charge on any atom is -0.356 e. The number of amides is 1. The highest BCUT2D eigenvalue weighted by Crippen LogP contribution is 2.40. The molecule has 0 unspecified atom stereocenters. The molecule has 1 aromatic rings. The highest BCUT2D eigenvalue weighted by molar-refractivity contribution is 7.98. The molecular weight excluding hydrogens is 284 g/mol. The predicted molar refractivity (Wildman–Crippen MR) is 84.6 cm³/mol. The summed E-state index contributed by atoms with van der Waals surface area (Å²) >= 11 is 1.58. The van der Waals surface area contributed by atoms with Crippen molar-refractivity contribution in [2.75, 3.05) is 37.8 Å². The summed E-state index contributed by atoms with van der Waals surface area (Å²) in [5, 5.41) is 0.829. The van der Waals surface area contributed by atoms with Gasteiger partial charge in [-0.25, -0.2) is 9.97 Å². The Hall–Kier alpha value is -1.30. The van der Waals surface area contributed by atoms with Crippen molar-refractivity contribution >= 4 is 23.5 Å². The summed E-state index contributed by atoms with van der Waals surface area (Å²) in [4.78, 5) is 24.8. The molecule has 5 nitrogen and oxygen atoms in total. The van der Waals surface area contributed by atoms with Gasteiger partial charge in [0.1, 0.15) is 5.82 Å². The molecule has 0 aromatic carbocycles. The molecule has 0 aliphatic carbocycles. The second-order valence-electron chi connectivity index (χ2n) is 6.14. The van der Waals surface area contributed by atoms with Gasteiger partial charge in [-0.2, -0.15) is 0 Å². The van der Waals surface area contributed by atoms with Crippen LogP contribution >= 0.6 is 11.8 Å². The first kappa shape index (κ1) is 14.6. The van der Waals surface area contributed by atoms with Crippen LogP contribution in [0.25, 0.3) is 0 Å². The molecule has 2 aliphatic heterocycles. The largest absolute Gasteiger partial charge is 0.356 e. The van der Waals surface area contributed by atoms with E-state index in [9.17, 15) is 4.79 Å². The quantitative estimate of drug-likeness (QED) is 0.618. The summed E-state index contributed by atoms with van der Waals surface area (Å²) in [5.74, 6) is 1.33. The number of piperidine rings is 2. The summed E-state index contributed by atoms with van der Waals surface area (Å²) in [6, 6.07) is 1.99. The van der Waals surface area contributed by atoms with Crippen molar-refractivity contribution in [3.63, 3.8) is 0 Å². The molecule has 21 heavy (non-hydrogen) atoms. The molecule has 0 atom stereocenters. The Bertz CT molecular complexity index is 528. The Morgan fingerprint density at radius 2 is 2.05 bits per heavy atom. The molecule has 3 rings (SSSR count). The molecule has 0 N–H and O–H groups in total. The number of carbonyl (C=O) groups is 1. The van der Waals surface area contributed by atoms with E-state index >= 15 is 0 Å². The molecule has 2 saturated heterocycles. The van der Waals surface area contributed by atoms with Gasteiger partial charge >= 0.3 is 0 Å². The van der Waals surface area contributed by atoms with Crippen molar-refractivity contribution < 1.29 is 4.79 Å². The Kier molecular flexibility index (Phi) is 4.06. The number of anilines is 1. The maximum atomic E-state index is 11.7. The summed E-state index contributed by atoms with van der Waals surface area (Å²) in [6.07, 6.45) is 7.88. The molecule has 6 heteroatoms. The Labute approximate surface area is 130 Å². The molecule has 1 aromatic heterocycles. The zero-order valence-corrected chi connectivity index (χ0v) is 13.5. The van der Waals surface area contributed by atoms with E-state index in [1.807, 2.05) is 30.5 Å². The lowest BCUT2D eigenvalue weighted by Crippen LogP contribution is -2.50. The summed E-state index contributed by atoms with van der Waals surface area (Å²) in [7, 11) is 1.94. The Morgan fingerprint density at radius 3 is 2.71 bits per heavy atom. The van der Waals surface area contributed by atoms with Crippen molar-refractivity contribution in [2.24, 2.45) is 5.41 Å². The molecule has 1 spiro atoms. The van der Waals surface area contributed by atoms with Crippen LogP contribution in [0.5, 0.6) is 0 Å². The molecule has 2 fully saturated rings. The molecule has 114 valence electrons. The monoisotopic (exact) mass is 306 g/mol. The van der Waals surface area contributed by atoms with Crippen LogP contribution in [-0.4, -0.2) is 53.7 Å². The average molecular weight is 306 g/mol. The zero-order valence-electron chi connectivity index (χ0n) is 12.7. The minimum absolute atomic E-state index is 0.295. The normalized spacial score (nSPS) is 21.9. The van der Waals surface area contributed by atoms with E-state index in [1.54, 1.807) is 11.8 Å². The minimum atomic E-state index is 0.295. The SMILES string of the molecule is CSc1nccc(N2CCC3(CCC(=O)N(C)C3)CC2)n1.